The van der Waals surface area contributed by atoms with E-state index >= 15 is 0 Å². The summed E-state index contributed by atoms with van der Waals surface area (Å²) in [5.41, 5.74) is 1.88. The SMILES string of the molecule is CCNCc1c(Oc2cnn(C)c2)nc2ccccn12. The minimum Gasteiger partial charge on any atom is -0.434 e. The number of rotatable bonds is 5. The highest BCUT2D eigenvalue weighted by molar-refractivity contribution is 5.46. The smallest absolute Gasteiger partial charge is 0.242 e. The van der Waals surface area contributed by atoms with Crippen molar-refractivity contribution in [3.63, 3.8) is 0 Å². The Bertz CT molecular complexity index is 715. The Kier molecular flexibility index (Phi) is 3.39. The average molecular weight is 271 g/mol. The zero-order valence-corrected chi connectivity index (χ0v) is 11.6. The fraction of sp³-hybridized carbons (Fsp3) is 0.286. The Balaban J connectivity index is 1.99. The lowest BCUT2D eigenvalue weighted by Crippen LogP contribution is -2.13. The normalized spacial score (nSPS) is 11.1. The van der Waals surface area contributed by atoms with E-state index in [1.807, 2.05) is 42.0 Å². The summed E-state index contributed by atoms with van der Waals surface area (Å²) in [5.74, 6) is 1.30. The van der Waals surface area contributed by atoms with Crippen molar-refractivity contribution in [3.05, 3.63) is 42.5 Å². The largest absolute Gasteiger partial charge is 0.434 e. The van der Waals surface area contributed by atoms with Crippen LogP contribution >= 0.6 is 0 Å². The van der Waals surface area contributed by atoms with Crippen molar-refractivity contribution in [1.82, 2.24) is 24.5 Å². The average Bonchev–Trinajstić information content (AvgIpc) is 3.00. The van der Waals surface area contributed by atoms with Crippen LogP contribution in [-0.2, 0) is 13.6 Å². The maximum Gasteiger partial charge on any atom is 0.242 e. The number of fused-ring (bicyclic) bond motifs is 1. The van der Waals surface area contributed by atoms with E-state index in [1.54, 1.807) is 10.9 Å². The van der Waals surface area contributed by atoms with Crippen molar-refractivity contribution in [2.24, 2.45) is 7.05 Å². The molecule has 0 atom stereocenters. The van der Waals surface area contributed by atoms with E-state index in [9.17, 15) is 0 Å². The standard InChI is InChI=1S/C14H17N5O/c1-3-15-9-12-14(20-11-8-16-18(2)10-11)17-13-6-4-5-7-19(12)13/h4-8,10,15H,3,9H2,1-2H3. The number of nitrogens with one attached hydrogen (secondary N) is 1. The first-order chi connectivity index (χ1) is 9.78. The third kappa shape index (κ3) is 2.37. The van der Waals surface area contributed by atoms with E-state index in [-0.39, 0.29) is 0 Å². The molecule has 0 saturated carbocycles. The number of hydrogen-bond acceptors (Lipinski definition) is 4. The molecular weight excluding hydrogens is 254 g/mol. The molecular formula is C14H17N5O. The molecule has 1 N–H and O–H groups in total. The summed E-state index contributed by atoms with van der Waals surface area (Å²) in [6.45, 7) is 3.68. The van der Waals surface area contributed by atoms with Gasteiger partial charge in [0, 0.05) is 19.8 Å². The molecule has 0 fully saturated rings. The van der Waals surface area contributed by atoms with E-state index in [0.29, 0.717) is 18.2 Å². The number of nitrogens with zero attached hydrogens (tertiary/aromatic N) is 4. The second-order valence-corrected chi connectivity index (χ2v) is 4.52. The first kappa shape index (κ1) is 12.7. The van der Waals surface area contributed by atoms with Crippen molar-refractivity contribution >= 4 is 5.65 Å². The quantitative estimate of drug-likeness (QED) is 0.771. The summed E-state index contributed by atoms with van der Waals surface area (Å²) in [6.07, 6.45) is 5.49. The number of imidazole rings is 1. The van der Waals surface area contributed by atoms with Gasteiger partial charge in [-0.25, -0.2) is 0 Å². The lowest BCUT2D eigenvalue weighted by Gasteiger charge is -2.05. The van der Waals surface area contributed by atoms with Crippen LogP contribution in [0.4, 0.5) is 0 Å². The minimum absolute atomic E-state index is 0.616. The number of ether oxygens (including phenoxy) is 1. The van der Waals surface area contributed by atoms with Gasteiger partial charge in [0.25, 0.3) is 0 Å². The molecule has 3 heterocycles. The first-order valence-corrected chi connectivity index (χ1v) is 6.61. The maximum atomic E-state index is 5.86. The van der Waals surface area contributed by atoms with Gasteiger partial charge in [0.15, 0.2) is 5.75 Å². The number of pyridine rings is 1. The minimum atomic E-state index is 0.616. The van der Waals surface area contributed by atoms with Crippen LogP contribution in [0.3, 0.4) is 0 Å². The van der Waals surface area contributed by atoms with Crippen LogP contribution in [0, 0.1) is 0 Å². The highest BCUT2D eigenvalue weighted by Gasteiger charge is 2.14. The van der Waals surface area contributed by atoms with Gasteiger partial charge in [-0.15, -0.1) is 0 Å². The van der Waals surface area contributed by atoms with Gasteiger partial charge in [0.1, 0.15) is 11.3 Å². The molecule has 0 aliphatic rings. The molecule has 0 spiro atoms. The molecule has 20 heavy (non-hydrogen) atoms. The van der Waals surface area contributed by atoms with Crippen molar-refractivity contribution in [2.45, 2.75) is 13.5 Å². The van der Waals surface area contributed by atoms with E-state index < -0.39 is 0 Å². The van der Waals surface area contributed by atoms with Gasteiger partial charge < -0.3 is 10.1 Å². The molecule has 104 valence electrons. The van der Waals surface area contributed by atoms with Gasteiger partial charge in [-0.2, -0.15) is 10.1 Å². The van der Waals surface area contributed by atoms with E-state index in [1.165, 1.54) is 0 Å². The molecule has 0 unspecified atom stereocenters. The van der Waals surface area contributed by atoms with Crippen LogP contribution in [0.1, 0.15) is 12.6 Å². The lowest BCUT2D eigenvalue weighted by atomic mass is 10.4. The summed E-state index contributed by atoms with van der Waals surface area (Å²) in [5, 5.41) is 7.41. The fourth-order valence-electron chi connectivity index (χ4n) is 2.07. The van der Waals surface area contributed by atoms with Crippen LogP contribution in [0.2, 0.25) is 0 Å². The molecule has 0 aliphatic carbocycles. The van der Waals surface area contributed by atoms with Crippen LogP contribution in [-0.4, -0.2) is 25.7 Å². The molecule has 3 aromatic rings. The van der Waals surface area contributed by atoms with Gasteiger partial charge in [0.2, 0.25) is 5.88 Å². The molecule has 3 aromatic heterocycles. The van der Waals surface area contributed by atoms with Gasteiger partial charge >= 0.3 is 0 Å². The van der Waals surface area contributed by atoms with Gasteiger partial charge in [-0.05, 0) is 18.7 Å². The van der Waals surface area contributed by atoms with Crippen LogP contribution in [0.25, 0.3) is 5.65 Å². The molecule has 0 aromatic carbocycles. The topological polar surface area (TPSA) is 56.4 Å². The predicted molar refractivity (Wildman–Crippen MR) is 75.9 cm³/mol. The Hall–Kier alpha value is -2.34. The lowest BCUT2D eigenvalue weighted by molar-refractivity contribution is 0.455. The highest BCUT2D eigenvalue weighted by Crippen LogP contribution is 2.25. The van der Waals surface area contributed by atoms with Crippen LogP contribution in [0.5, 0.6) is 11.6 Å². The monoisotopic (exact) mass is 271 g/mol. The van der Waals surface area contributed by atoms with Gasteiger partial charge in [-0.1, -0.05) is 13.0 Å². The Morgan fingerprint density at radius 3 is 3.00 bits per heavy atom. The molecule has 6 nitrogen and oxygen atoms in total. The number of aromatic nitrogens is 4. The Morgan fingerprint density at radius 1 is 1.35 bits per heavy atom. The van der Waals surface area contributed by atoms with Crippen LogP contribution in [0.15, 0.2) is 36.8 Å². The fourth-order valence-corrected chi connectivity index (χ4v) is 2.07. The number of aryl methyl sites for hydroxylation is 1. The van der Waals surface area contributed by atoms with E-state index in [0.717, 1.165) is 17.9 Å². The summed E-state index contributed by atoms with van der Waals surface area (Å²) >= 11 is 0. The highest BCUT2D eigenvalue weighted by atomic mass is 16.5. The van der Waals surface area contributed by atoms with Gasteiger partial charge in [0.05, 0.1) is 12.4 Å². The molecule has 0 radical (unpaired) electrons. The molecule has 0 aliphatic heterocycles. The third-order valence-corrected chi connectivity index (χ3v) is 3.03. The van der Waals surface area contributed by atoms with Crippen molar-refractivity contribution < 1.29 is 4.74 Å². The summed E-state index contributed by atoms with van der Waals surface area (Å²) in [6, 6.07) is 5.91. The molecule has 0 amide bonds. The number of hydrogen-bond donors (Lipinski definition) is 1. The predicted octanol–water partition coefficient (Wildman–Crippen LogP) is 1.97. The third-order valence-electron chi connectivity index (χ3n) is 3.03. The zero-order valence-electron chi connectivity index (χ0n) is 11.6. The molecule has 0 bridgehead atoms. The van der Waals surface area contributed by atoms with Crippen LogP contribution < -0.4 is 10.1 Å². The van der Waals surface area contributed by atoms with Crippen molar-refractivity contribution in [2.75, 3.05) is 6.54 Å². The summed E-state index contributed by atoms with van der Waals surface area (Å²) < 4.78 is 9.60. The molecule has 0 saturated heterocycles. The Morgan fingerprint density at radius 2 is 2.25 bits per heavy atom. The maximum absolute atomic E-state index is 5.86. The molecule has 6 heteroatoms. The van der Waals surface area contributed by atoms with Crippen molar-refractivity contribution in [3.8, 4) is 11.6 Å². The Labute approximate surface area is 117 Å². The summed E-state index contributed by atoms with van der Waals surface area (Å²) in [4.78, 5) is 4.53. The summed E-state index contributed by atoms with van der Waals surface area (Å²) in [7, 11) is 1.86. The zero-order chi connectivity index (χ0) is 13.9. The van der Waals surface area contributed by atoms with Crippen molar-refractivity contribution in [1.29, 1.82) is 0 Å². The van der Waals surface area contributed by atoms with E-state index in [2.05, 4.69) is 22.3 Å². The van der Waals surface area contributed by atoms with E-state index in [4.69, 9.17) is 4.74 Å². The first-order valence-electron chi connectivity index (χ1n) is 6.61. The van der Waals surface area contributed by atoms with Gasteiger partial charge in [-0.3, -0.25) is 9.08 Å². The second-order valence-electron chi connectivity index (χ2n) is 4.52. The molecule has 3 rings (SSSR count). The second kappa shape index (κ2) is 5.34.